The number of carbonyl (C=O) groups is 2. The van der Waals surface area contributed by atoms with Gasteiger partial charge in [-0.2, -0.15) is 0 Å². The SMILES string of the molecule is CC[C@@H]1CCCCN1CCCNS(=O)(=O)c1ccc(N2C(=O)CCC2=O)cc1. The highest BCUT2D eigenvalue weighted by Gasteiger charge is 2.30. The number of sulfonamides is 1. The molecule has 1 aromatic rings. The van der Waals surface area contributed by atoms with E-state index in [1.165, 1.54) is 43.5 Å². The van der Waals surface area contributed by atoms with Crippen molar-refractivity contribution in [1.29, 1.82) is 0 Å². The van der Waals surface area contributed by atoms with Crippen LogP contribution in [0.2, 0.25) is 0 Å². The third-order valence-electron chi connectivity index (χ3n) is 5.59. The summed E-state index contributed by atoms with van der Waals surface area (Å²) >= 11 is 0. The quantitative estimate of drug-likeness (QED) is 0.528. The zero-order valence-corrected chi connectivity index (χ0v) is 17.2. The van der Waals surface area contributed by atoms with E-state index in [1.807, 2.05) is 0 Å². The van der Waals surface area contributed by atoms with Crippen LogP contribution in [0.3, 0.4) is 0 Å². The van der Waals surface area contributed by atoms with Crippen molar-refractivity contribution in [1.82, 2.24) is 9.62 Å². The summed E-state index contributed by atoms with van der Waals surface area (Å²) in [6.07, 6.45) is 6.05. The first-order valence-corrected chi connectivity index (χ1v) is 11.6. The summed E-state index contributed by atoms with van der Waals surface area (Å²) in [5.74, 6) is -0.497. The largest absolute Gasteiger partial charge is 0.300 e. The monoisotopic (exact) mass is 407 g/mol. The molecule has 0 unspecified atom stereocenters. The van der Waals surface area contributed by atoms with Gasteiger partial charge in [0.1, 0.15) is 0 Å². The van der Waals surface area contributed by atoms with Gasteiger partial charge in [0.05, 0.1) is 10.6 Å². The lowest BCUT2D eigenvalue weighted by Crippen LogP contribution is -2.40. The van der Waals surface area contributed by atoms with E-state index in [0.29, 0.717) is 18.3 Å². The van der Waals surface area contributed by atoms with Crippen molar-refractivity contribution in [3.8, 4) is 0 Å². The van der Waals surface area contributed by atoms with Gasteiger partial charge >= 0.3 is 0 Å². The third kappa shape index (κ3) is 4.79. The molecule has 8 heteroatoms. The Morgan fingerprint density at radius 2 is 1.75 bits per heavy atom. The van der Waals surface area contributed by atoms with Crippen LogP contribution >= 0.6 is 0 Å². The zero-order chi connectivity index (χ0) is 20.1. The number of imide groups is 1. The van der Waals surface area contributed by atoms with E-state index in [0.717, 1.165) is 30.8 Å². The van der Waals surface area contributed by atoms with E-state index in [2.05, 4.69) is 16.5 Å². The van der Waals surface area contributed by atoms with Crippen molar-refractivity contribution in [2.45, 2.75) is 62.8 Å². The molecule has 2 fully saturated rings. The summed E-state index contributed by atoms with van der Waals surface area (Å²) in [7, 11) is -3.61. The van der Waals surface area contributed by atoms with E-state index in [4.69, 9.17) is 0 Å². The van der Waals surface area contributed by atoms with Crippen molar-refractivity contribution in [3.05, 3.63) is 24.3 Å². The van der Waals surface area contributed by atoms with Crippen LogP contribution in [-0.4, -0.2) is 50.8 Å². The molecular formula is C20H29N3O4S. The van der Waals surface area contributed by atoms with Crippen molar-refractivity contribution in [3.63, 3.8) is 0 Å². The third-order valence-corrected chi connectivity index (χ3v) is 7.07. The maximum atomic E-state index is 12.5. The number of likely N-dealkylation sites (tertiary alicyclic amines) is 1. The summed E-state index contributed by atoms with van der Waals surface area (Å²) < 4.78 is 27.6. The van der Waals surface area contributed by atoms with Gasteiger partial charge in [-0.3, -0.25) is 14.5 Å². The average Bonchev–Trinajstić information content (AvgIpc) is 3.04. The predicted octanol–water partition coefficient (Wildman–Crippen LogP) is 2.27. The summed E-state index contributed by atoms with van der Waals surface area (Å²) in [4.78, 5) is 27.3. The highest BCUT2D eigenvalue weighted by Crippen LogP contribution is 2.24. The maximum Gasteiger partial charge on any atom is 0.240 e. The molecule has 0 bridgehead atoms. The van der Waals surface area contributed by atoms with Gasteiger partial charge in [0, 0.05) is 25.4 Å². The first-order valence-electron chi connectivity index (χ1n) is 10.1. The molecule has 7 nitrogen and oxygen atoms in total. The molecule has 2 saturated heterocycles. The Morgan fingerprint density at radius 3 is 2.39 bits per heavy atom. The molecule has 0 aliphatic carbocycles. The second-order valence-electron chi connectivity index (χ2n) is 7.46. The van der Waals surface area contributed by atoms with Crippen LogP contribution in [-0.2, 0) is 19.6 Å². The fraction of sp³-hybridized carbons (Fsp3) is 0.600. The van der Waals surface area contributed by atoms with Gasteiger partial charge in [0.2, 0.25) is 21.8 Å². The Hall–Kier alpha value is -1.77. The lowest BCUT2D eigenvalue weighted by Gasteiger charge is -2.35. The van der Waals surface area contributed by atoms with Gasteiger partial charge < -0.3 is 4.90 Å². The minimum atomic E-state index is -3.61. The predicted molar refractivity (Wildman–Crippen MR) is 107 cm³/mol. The summed E-state index contributed by atoms with van der Waals surface area (Å²) in [5.41, 5.74) is 0.419. The Labute approximate surface area is 167 Å². The van der Waals surface area contributed by atoms with Crippen LogP contribution < -0.4 is 9.62 Å². The second-order valence-corrected chi connectivity index (χ2v) is 9.23. The number of anilines is 1. The molecule has 2 aliphatic rings. The number of hydrogen-bond donors (Lipinski definition) is 1. The number of piperidine rings is 1. The molecular weight excluding hydrogens is 378 g/mol. The Kier molecular flexibility index (Phi) is 6.85. The standard InChI is InChI=1S/C20H29N3O4S/c1-2-16-6-3-4-14-22(16)15-5-13-21-28(26,27)18-9-7-17(8-10-18)23-19(24)11-12-20(23)25/h7-10,16,21H,2-6,11-15H2,1H3/t16-/m1/s1. The molecule has 1 aromatic carbocycles. The first-order chi connectivity index (χ1) is 13.4. The summed E-state index contributed by atoms with van der Waals surface area (Å²) in [6.45, 7) is 4.60. The Morgan fingerprint density at radius 1 is 1.07 bits per heavy atom. The van der Waals surface area contributed by atoms with Crippen LogP contribution in [0, 0.1) is 0 Å². The van der Waals surface area contributed by atoms with Gasteiger partial charge in [0.15, 0.2) is 0 Å². The second kappa shape index (κ2) is 9.15. The molecule has 154 valence electrons. The highest BCUT2D eigenvalue weighted by atomic mass is 32.2. The van der Waals surface area contributed by atoms with Crippen LogP contribution in [0.5, 0.6) is 0 Å². The molecule has 3 rings (SSSR count). The molecule has 1 atom stereocenters. The van der Waals surface area contributed by atoms with Crippen LogP contribution in [0.1, 0.15) is 51.9 Å². The van der Waals surface area contributed by atoms with Crippen LogP contribution in [0.4, 0.5) is 5.69 Å². The average molecular weight is 408 g/mol. The van der Waals surface area contributed by atoms with E-state index in [9.17, 15) is 18.0 Å². The topological polar surface area (TPSA) is 86.8 Å². The van der Waals surface area contributed by atoms with Gasteiger partial charge in [-0.1, -0.05) is 13.3 Å². The van der Waals surface area contributed by atoms with Crippen LogP contribution in [0.15, 0.2) is 29.2 Å². The van der Waals surface area contributed by atoms with Crippen molar-refractivity contribution < 1.29 is 18.0 Å². The molecule has 0 saturated carbocycles. The van der Waals surface area contributed by atoms with E-state index in [-0.39, 0.29) is 29.6 Å². The maximum absolute atomic E-state index is 12.5. The number of hydrogen-bond acceptors (Lipinski definition) is 5. The number of rotatable bonds is 8. The fourth-order valence-electron chi connectivity index (χ4n) is 4.03. The molecule has 2 amide bonds. The molecule has 0 radical (unpaired) electrons. The normalized spacial score (nSPS) is 21.5. The molecule has 0 spiro atoms. The fourth-order valence-corrected chi connectivity index (χ4v) is 5.10. The lowest BCUT2D eigenvalue weighted by atomic mass is 10.00. The number of carbonyl (C=O) groups excluding carboxylic acids is 2. The van der Waals surface area contributed by atoms with E-state index in [1.54, 1.807) is 0 Å². The number of nitrogens with one attached hydrogen (secondary N) is 1. The first kappa shape index (κ1) is 21.0. The molecule has 0 aromatic heterocycles. The van der Waals surface area contributed by atoms with E-state index < -0.39 is 10.0 Å². The minimum absolute atomic E-state index is 0.139. The van der Waals surface area contributed by atoms with Gasteiger partial charge in [-0.15, -0.1) is 0 Å². The molecule has 28 heavy (non-hydrogen) atoms. The molecule has 1 N–H and O–H groups in total. The van der Waals surface area contributed by atoms with Crippen molar-refractivity contribution >= 4 is 27.5 Å². The summed E-state index contributed by atoms with van der Waals surface area (Å²) in [6, 6.07) is 6.52. The van der Waals surface area contributed by atoms with Crippen LogP contribution in [0.25, 0.3) is 0 Å². The van der Waals surface area contributed by atoms with Gasteiger partial charge in [-0.25, -0.2) is 13.1 Å². The molecule has 2 heterocycles. The molecule has 2 aliphatic heterocycles. The smallest absolute Gasteiger partial charge is 0.240 e. The summed E-state index contributed by atoms with van der Waals surface area (Å²) in [5, 5.41) is 0. The van der Waals surface area contributed by atoms with E-state index >= 15 is 0 Å². The Balaban J connectivity index is 1.53. The van der Waals surface area contributed by atoms with Crippen molar-refractivity contribution in [2.24, 2.45) is 0 Å². The number of nitrogens with zero attached hydrogens (tertiary/aromatic N) is 2. The number of amides is 2. The number of benzene rings is 1. The van der Waals surface area contributed by atoms with Crippen molar-refractivity contribution in [2.75, 3.05) is 24.5 Å². The Bertz CT molecular complexity index is 791. The highest BCUT2D eigenvalue weighted by molar-refractivity contribution is 7.89. The van der Waals surface area contributed by atoms with Gasteiger partial charge in [0.25, 0.3) is 0 Å². The van der Waals surface area contributed by atoms with Gasteiger partial charge in [-0.05, 0) is 63.0 Å². The lowest BCUT2D eigenvalue weighted by molar-refractivity contribution is -0.121. The zero-order valence-electron chi connectivity index (χ0n) is 16.4. The minimum Gasteiger partial charge on any atom is -0.300 e.